The van der Waals surface area contributed by atoms with Crippen molar-refractivity contribution < 1.29 is 29.3 Å². The zero-order chi connectivity index (χ0) is 24.8. The van der Waals surface area contributed by atoms with Crippen molar-refractivity contribution >= 4 is 17.7 Å². The number of ether oxygens (including phenoxy) is 1. The Balaban J connectivity index is 1.51. The van der Waals surface area contributed by atoms with Gasteiger partial charge >= 0.3 is 11.9 Å². The molecule has 3 aromatic rings. The van der Waals surface area contributed by atoms with Crippen LogP contribution in [0.3, 0.4) is 0 Å². The Labute approximate surface area is 203 Å². The minimum absolute atomic E-state index is 0.138. The fraction of sp³-hybridized carbons (Fsp3) is 0.207. The Kier molecular flexibility index (Phi) is 7.22. The van der Waals surface area contributed by atoms with Gasteiger partial charge in [0.2, 0.25) is 0 Å². The summed E-state index contributed by atoms with van der Waals surface area (Å²) in [7, 11) is 0. The number of hydrogen-bond donors (Lipinski definition) is 2. The van der Waals surface area contributed by atoms with E-state index in [1.54, 1.807) is 42.5 Å². The second-order valence-electron chi connectivity index (χ2n) is 8.72. The molecule has 0 unspecified atom stereocenters. The van der Waals surface area contributed by atoms with E-state index in [9.17, 15) is 24.6 Å². The number of esters is 1. The van der Waals surface area contributed by atoms with Crippen LogP contribution in [0.25, 0.3) is 11.1 Å². The van der Waals surface area contributed by atoms with Crippen LogP contribution < -0.4 is 0 Å². The highest BCUT2D eigenvalue weighted by atomic mass is 16.5. The molecule has 3 aromatic carbocycles. The average molecular weight is 471 g/mol. The SMILES string of the molecule is O=C(O)C[C@@]1(O)CC[C@@H](OC(=O)c2ccc(-c3ccccc3)cc2)[C@@H]1C=CC(=O)c1ccccc1. The van der Waals surface area contributed by atoms with Gasteiger partial charge in [0.15, 0.2) is 5.78 Å². The molecule has 0 spiro atoms. The number of ketones is 1. The summed E-state index contributed by atoms with van der Waals surface area (Å²) < 4.78 is 5.72. The molecule has 0 radical (unpaired) electrons. The molecule has 2 N–H and O–H groups in total. The molecule has 0 amide bonds. The first-order valence-corrected chi connectivity index (χ1v) is 11.4. The summed E-state index contributed by atoms with van der Waals surface area (Å²) in [6, 6.07) is 25.4. The van der Waals surface area contributed by atoms with Gasteiger partial charge in [-0.15, -0.1) is 0 Å². The van der Waals surface area contributed by atoms with Crippen molar-refractivity contribution in [1.29, 1.82) is 0 Å². The highest BCUT2D eigenvalue weighted by Gasteiger charge is 2.49. The lowest BCUT2D eigenvalue weighted by molar-refractivity contribution is -0.143. The molecular formula is C29H26O6. The van der Waals surface area contributed by atoms with Gasteiger partial charge in [-0.3, -0.25) is 9.59 Å². The van der Waals surface area contributed by atoms with Gasteiger partial charge in [-0.25, -0.2) is 4.79 Å². The molecule has 0 heterocycles. The Morgan fingerprint density at radius 2 is 1.46 bits per heavy atom. The summed E-state index contributed by atoms with van der Waals surface area (Å²) in [4.78, 5) is 36.8. The number of carbonyl (C=O) groups excluding carboxylic acids is 2. The highest BCUT2D eigenvalue weighted by Crippen LogP contribution is 2.41. The van der Waals surface area contributed by atoms with Crippen molar-refractivity contribution in [2.24, 2.45) is 5.92 Å². The van der Waals surface area contributed by atoms with E-state index < -0.39 is 36.0 Å². The van der Waals surface area contributed by atoms with Gasteiger partial charge < -0.3 is 14.9 Å². The van der Waals surface area contributed by atoms with Crippen molar-refractivity contribution in [3.8, 4) is 11.1 Å². The number of carboxylic acids is 1. The largest absolute Gasteiger partial charge is 0.481 e. The summed E-state index contributed by atoms with van der Waals surface area (Å²) in [6.45, 7) is 0. The summed E-state index contributed by atoms with van der Waals surface area (Å²) in [5, 5.41) is 20.4. The van der Waals surface area contributed by atoms with E-state index in [4.69, 9.17) is 4.74 Å². The average Bonchev–Trinajstić information content (AvgIpc) is 3.17. The molecule has 0 aliphatic heterocycles. The Hall–Kier alpha value is -4.03. The first-order chi connectivity index (χ1) is 16.9. The van der Waals surface area contributed by atoms with E-state index in [1.807, 2.05) is 42.5 Å². The normalized spacial score (nSPS) is 21.6. The number of allylic oxidation sites excluding steroid dienone is 1. The second-order valence-corrected chi connectivity index (χ2v) is 8.72. The van der Waals surface area contributed by atoms with Crippen LogP contribution in [-0.4, -0.2) is 39.6 Å². The van der Waals surface area contributed by atoms with Crippen LogP contribution in [0.5, 0.6) is 0 Å². The van der Waals surface area contributed by atoms with Crippen LogP contribution >= 0.6 is 0 Å². The zero-order valence-corrected chi connectivity index (χ0v) is 19.0. The molecule has 0 bridgehead atoms. The third-order valence-electron chi connectivity index (χ3n) is 6.34. The Bertz CT molecular complexity index is 1220. The molecule has 4 rings (SSSR count). The number of carbonyl (C=O) groups is 3. The molecule has 6 heteroatoms. The van der Waals surface area contributed by atoms with Crippen LogP contribution in [0.1, 0.15) is 40.0 Å². The maximum Gasteiger partial charge on any atom is 0.338 e. The van der Waals surface area contributed by atoms with Crippen LogP contribution in [0.15, 0.2) is 97.1 Å². The number of aliphatic carboxylic acids is 1. The minimum atomic E-state index is -1.62. The lowest BCUT2D eigenvalue weighted by Crippen LogP contribution is -2.39. The third-order valence-corrected chi connectivity index (χ3v) is 6.34. The van der Waals surface area contributed by atoms with Gasteiger partial charge in [0.05, 0.1) is 17.6 Å². The molecule has 0 saturated heterocycles. The highest BCUT2D eigenvalue weighted by molar-refractivity contribution is 6.04. The molecule has 1 aliphatic rings. The maximum atomic E-state index is 12.9. The molecule has 178 valence electrons. The lowest BCUT2D eigenvalue weighted by Gasteiger charge is -2.29. The molecular weight excluding hydrogens is 444 g/mol. The van der Waals surface area contributed by atoms with E-state index in [0.29, 0.717) is 11.1 Å². The van der Waals surface area contributed by atoms with Gasteiger partial charge in [0.1, 0.15) is 6.10 Å². The van der Waals surface area contributed by atoms with E-state index in [1.165, 1.54) is 12.2 Å². The summed E-state index contributed by atoms with van der Waals surface area (Å²) in [5.74, 6) is -2.85. The Morgan fingerprint density at radius 1 is 0.857 bits per heavy atom. The van der Waals surface area contributed by atoms with Crippen molar-refractivity contribution in [3.63, 3.8) is 0 Å². The van der Waals surface area contributed by atoms with Crippen molar-refractivity contribution in [2.75, 3.05) is 0 Å². The van der Waals surface area contributed by atoms with Crippen LogP contribution in [0.4, 0.5) is 0 Å². The standard InChI is InChI=1S/C29H26O6/c30-25(22-9-5-2-6-10-22)16-15-24-26(17-18-29(24,34)19-27(31)32)35-28(33)23-13-11-21(12-14-23)20-7-3-1-4-8-20/h1-16,24,26,34H,17-19H2,(H,31,32)/t24-,26+,29-/m0/s1. The van der Waals surface area contributed by atoms with Gasteiger partial charge in [-0.05, 0) is 42.2 Å². The van der Waals surface area contributed by atoms with E-state index in [0.717, 1.165) is 11.1 Å². The zero-order valence-electron chi connectivity index (χ0n) is 19.0. The Morgan fingerprint density at radius 3 is 2.09 bits per heavy atom. The van der Waals surface area contributed by atoms with Gasteiger partial charge in [-0.1, -0.05) is 78.9 Å². The smallest absolute Gasteiger partial charge is 0.338 e. The molecule has 0 aromatic heterocycles. The lowest BCUT2D eigenvalue weighted by atomic mass is 9.86. The fourth-order valence-corrected chi connectivity index (χ4v) is 4.51. The third kappa shape index (κ3) is 5.73. The monoisotopic (exact) mass is 470 g/mol. The number of hydrogen-bond acceptors (Lipinski definition) is 5. The van der Waals surface area contributed by atoms with Gasteiger partial charge in [-0.2, -0.15) is 0 Å². The van der Waals surface area contributed by atoms with Crippen molar-refractivity contribution in [2.45, 2.75) is 31.0 Å². The predicted octanol–water partition coefficient (Wildman–Crippen LogP) is 4.93. The van der Waals surface area contributed by atoms with Gasteiger partial charge in [0, 0.05) is 11.5 Å². The number of rotatable bonds is 8. The molecule has 6 nitrogen and oxygen atoms in total. The van der Waals surface area contributed by atoms with Crippen molar-refractivity contribution in [3.05, 3.63) is 108 Å². The van der Waals surface area contributed by atoms with Gasteiger partial charge in [0.25, 0.3) is 0 Å². The minimum Gasteiger partial charge on any atom is -0.481 e. The summed E-state index contributed by atoms with van der Waals surface area (Å²) in [6.07, 6.45) is 1.93. The molecule has 1 aliphatic carbocycles. The topological polar surface area (TPSA) is 101 Å². The van der Waals surface area contributed by atoms with Crippen LogP contribution in [0.2, 0.25) is 0 Å². The van der Waals surface area contributed by atoms with Crippen LogP contribution in [0, 0.1) is 5.92 Å². The van der Waals surface area contributed by atoms with Crippen molar-refractivity contribution in [1.82, 2.24) is 0 Å². The summed E-state index contributed by atoms with van der Waals surface area (Å²) in [5.41, 5.74) is 1.17. The molecule has 35 heavy (non-hydrogen) atoms. The quantitative estimate of drug-likeness (QED) is 0.275. The maximum absolute atomic E-state index is 12.9. The van der Waals surface area contributed by atoms with E-state index in [2.05, 4.69) is 0 Å². The molecule has 1 saturated carbocycles. The molecule has 1 fully saturated rings. The van der Waals surface area contributed by atoms with E-state index >= 15 is 0 Å². The predicted molar refractivity (Wildman–Crippen MR) is 131 cm³/mol. The first-order valence-electron chi connectivity index (χ1n) is 11.4. The number of carboxylic acid groups (broad SMARTS) is 1. The van der Waals surface area contributed by atoms with E-state index in [-0.39, 0.29) is 18.6 Å². The number of benzene rings is 3. The summed E-state index contributed by atoms with van der Waals surface area (Å²) >= 11 is 0. The number of aliphatic hydroxyl groups is 1. The van der Waals surface area contributed by atoms with Crippen LogP contribution in [-0.2, 0) is 9.53 Å². The second kappa shape index (κ2) is 10.5. The molecule has 3 atom stereocenters. The first kappa shape index (κ1) is 24.1. The fourth-order valence-electron chi connectivity index (χ4n) is 4.51.